The van der Waals surface area contributed by atoms with Gasteiger partial charge < -0.3 is 19.7 Å². The largest absolute Gasteiger partial charge is 0.494 e. The van der Waals surface area contributed by atoms with Crippen molar-refractivity contribution in [1.82, 2.24) is 0 Å². The smallest absolute Gasteiger partial charge is 0.336 e. The van der Waals surface area contributed by atoms with E-state index in [2.05, 4.69) is 0 Å². The summed E-state index contributed by atoms with van der Waals surface area (Å²) in [5, 5.41) is 19.6. The van der Waals surface area contributed by atoms with Crippen LogP contribution < -0.4 is 4.74 Å². The van der Waals surface area contributed by atoms with Gasteiger partial charge in [-0.3, -0.25) is 0 Å². The Labute approximate surface area is 221 Å². The van der Waals surface area contributed by atoms with Crippen LogP contribution in [0.1, 0.15) is 29.2 Å². The average Bonchev–Trinajstić information content (AvgIpc) is 3.35. The molecule has 0 radical (unpaired) electrons. The van der Waals surface area contributed by atoms with Gasteiger partial charge in [-0.05, 0) is 46.5 Å². The maximum absolute atomic E-state index is 13.0. The van der Waals surface area contributed by atoms with Crippen molar-refractivity contribution in [2.45, 2.75) is 24.5 Å². The summed E-state index contributed by atoms with van der Waals surface area (Å²) in [5.74, 6) is -0.109. The number of aliphatic carboxylic acids is 1. The van der Waals surface area contributed by atoms with Gasteiger partial charge in [-0.25, -0.2) is 9.79 Å². The third-order valence-corrected chi connectivity index (χ3v) is 6.64. The summed E-state index contributed by atoms with van der Waals surface area (Å²) in [7, 11) is 0. The summed E-state index contributed by atoms with van der Waals surface area (Å²) in [5.41, 5.74) is 2.85. The summed E-state index contributed by atoms with van der Waals surface area (Å²) >= 11 is 0. The third kappa shape index (κ3) is 5.31. The Morgan fingerprint density at radius 1 is 0.816 bits per heavy atom. The lowest BCUT2D eigenvalue weighted by atomic mass is 9.82. The number of carboxylic acids is 1. The van der Waals surface area contributed by atoms with Crippen LogP contribution in [0.3, 0.4) is 0 Å². The maximum Gasteiger partial charge on any atom is 0.336 e. The molecule has 38 heavy (non-hydrogen) atoms. The third-order valence-electron chi connectivity index (χ3n) is 6.64. The number of benzene rings is 4. The minimum atomic E-state index is -1.54. The van der Waals surface area contributed by atoms with E-state index in [0.29, 0.717) is 24.3 Å². The monoisotopic (exact) mass is 507 g/mol. The Morgan fingerprint density at radius 3 is 2.05 bits per heavy atom. The number of aliphatic hydroxyl groups excluding tert-OH is 1. The predicted molar refractivity (Wildman–Crippen MR) is 146 cm³/mol. The first-order valence-electron chi connectivity index (χ1n) is 12.6. The summed E-state index contributed by atoms with van der Waals surface area (Å²) in [6.07, 6.45) is -0.0937. The van der Waals surface area contributed by atoms with Crippen molar-refractivity contribution in [1.29, 1.82) is 0 Å². The molecular formula is C32H29NO5. The Morgan fingerprint density at radius 2 is 1.42 bits per heavy atom. The molecule has 0 saturated heterocycles. The second kappa shape index (κ2) is 11.3. The highest BCUT2D eigenvalue weighted by Gasteiger charge is 2.53. The van der Waals surface area contributed by atoms with E-state index in [1.54, 1.807) is 12.1 Å². The van der Waals surface area contributed by atoms with Crippen LogP contribution in [-0.2, 0) is 16.0 Å². The number of aliphatic hydroxyl groups is 1. The zero-order valence-electron chi connectivity index (χ0n) is 20.9. The standard InChI is InChI=1S/C32H29NO5/c34-20-7-21-37-28-18-16-27(17-19-28)30-33-32(31(35)36,22-23-8-3-1-4-9-23)29(38-30)26-14-12-25(13-15-26)24-10-5-2-6-11-24/h1-6,8-19,29,34H,7,20-22H2,(H,35,36)/t29-,32-/m1/s1. The molecule has 0 fully saturated rings. The molecule has 2 N–H and O–H groups in total. The van der Waals surface area contributed by atoms with Crippen molar-refractivity contribution < 1.29 is 24.5 Å². The van der Waals surface area contributed by atoms with E-state index in [9.17, 15) is 9.90 Å². The first-order chi connectivity index (χ1) is 18.6. The average molecular weight is 508 g/mol. The highest BCUT2D eigenvalue weighted by molar-refractivity contribution is 5.99. The fourth-order valence-electron chi connectivity index (χ4n) is 4.66. The van der Waals surface area contributed by atoms with E-state index >= 15 is 0 Å². The topological polar surface area (TPSA) is 88.4 Å². The Bertz CT molecular complexity index is 1390. The molecule has 0 aliphatic carbocycles. The highest BCUT2D eigenvalue weighted by Crippen LogP contribution is 2.43. The molecule has 4 aromatic carbocycles. The SMILES string of the molecule is O=C(O)[C@]1(Cc2ccccc2)N=C(c2ccc(OCCCO)cc2)O[C@@H]1c1ccc(-c2ccccc2)cc1. The molecule has 192 valence electrons. The molecule has 1 heterocycles. The van der Waals surface area contributed by atoms with Crippen LogP contribution in [0.4, 0.5) is 0 Å². The van der Waals surface area contributed by atoms with Crippen LogP contribution in [0.2, 0.25) is 0 Å². The highest BCUT2D eigenvalue weighted by atomic mass is 16.5. The van der Waals surface area contributed by atoms with Gasteiger partial charge in [0.1, 0.15) is 5.75 Å². The van der Waals surface area contributed by atoms with Gasteiger partial charge in [-0.15, -0.1) is 0 Å². The molecule has 0 amide bonds. The van der Waals surface area contributed by atoms with Gasteiger partial charge in [0.25, 0.3) is 0 Å². The molecule has 2 atom stereocenters. The minimum absolute atomic E-state index is 0.0646. The van der Waals surface area contributed by atoms with Gasteiger partial charge in [0.15, 0.2) is 6.10 Å². The van der Waals surface area contributed by atoms with Gasteiger partial charge in [-0.2, -0.15) is 0 Å². The molecule has 0 spiro atoms. The summed E-state index contributed by atoms with van der Waals surface area (Å²) in [6.45, 7) is 0.475. The van der Waals surface area contributed by atoms with Crippen LogP contribution >= 0.6 is 0 Å². The summed E-state index contributed by atoms with van der Waals surface area (Å²) in [6, 6.07) is 34.6. The molecule has 1 aliphatic rings. The van der Waals surface area contributed by atoms with E-state index in [-0.39, 0.29) is 18.9 Å². The van der Waals surface area contributed by atoms with Gasteiger partial charge in [0, 0.05) is 25.0 Å². The van der Waals surface area contributed by atoms with Crippen LogP contribution in [0.25, 0.3) is 11.1 Å². The van der Waals surface area contributed by atoms with Crippen LogP contribution in [-0.4, -0.2) is 40.8 Å². The second-order valence-corrected chi connectivity index (χ2v) is 9.24. The molecule has 1 aliphatic heterocycles. The van der Waals surface area contributed by atoms with Gasteiger partial charge in [0.05, 0.1) is 6.61 Å². The maximum atomic E-state index is 13.0. The normalized spacial score (nSPS) is 18.4. The number of carboxylic acid groups (broad SMARTS) is 1. The van der Waals surface area contributed by atoms with Crippen LogP contribution in [0.15, 0.2) is 114 Å². The molecular weight excluding hydrogens is 478 g/mol. The molecule has 0 bridgehead atoms. The molecule has 0 saturated carbocycles. The lowest BCUT2D eigenvalue weighted by Gasteiger charge is -2.28. The first-order valence-corrected chi connectivity index (χ1v) is 12.6. The lowest BCUT2D eigenvalue weighted by Crippen LogP contribution is -2.43. The summed E-state index contributed by atoms with van der Waals surface area (Å²) in [4.78, 5) is 17.7. The lowest BCUT2D eigenvalue weighted by molar-refractivity contribution is -0.146. The van der Waals surface area contributed by atoms with E-state index in [4.69, 9.17) is 19.6 Å². The Balaban J connectivity index is 1.50. The van der Waals surface area contributed by atoms with E-state index in [0.717, 1.165) is 22.3 Å². The van der Waals surface area contributed by atoms with Crippen molar-refractivity contribution in [2.75, 3.05) is 13.2 Å². The fourth-order valence-corrected chi connectivity index (χ4v) is 4.66. The van der Waals surface area contributed by atoms with E-state index in [1.165, 1.54) is 0 Å². The quantitative estimate of drug-likeness (QED) is 0.269. The van der Waals surface area contributed by atoms with Gasteiger partial charge in [0.2, 0.25) is 11.4 Å². The molecule has 5 rings (SSSR count). The first kappa shape index (κ1) is 25.2. The number of nitrogens with zero attached hydrogens (tertiary/aromatic N) is 1. The van der Waals surface area contributed by atoms with Crippen molar-refractivity contribution in [3.8, 4) is 16.9 Å². The van der Waals surface area contributed by atoms with Crippen LogP contribution in [0, 0.1) is 0 Å². The van der Waals surface area contributed by atoms with Crippen molar-refractivity contribution in [3.05, 3.63) is 126 Å². The van der Waals surface area contributed by atoms with E-state index in [1.807, 2.05) is 97.1 Å². The Kier molecular flexibility index (Phi) is 7.52. The molecule has 0 aromatic heterocycles. The van der Waals surface area contributed by atoms with Crippen molar-refractivity contribution >= 4 is 11.9 Å². The number of carbonyl (C=O) groups is 1. The zero-order chi connectivity index (χ0) is 26.4. The van der Waals surface area contributed by atoms with E-state index < -0.39 is 17.6 Å². The molecule has 6 nitrogen and oxygen atoms in total. The predicted octanol–water partition coefficient (Wildman–Crippen LogP) is 5.70. The minimum Gasteiger partial charge on any atom is -0.494 e. The fraction of sp³-hybridized carbons (Fsp3) is 0.188. The van der Waals surface area contributed by atoms with Crippen molar-refractivity contribution in [3.63, 3.8) is 0 Å². The molecule has 0 unspecified atom stereocenters. The number of ether oxygens (including phenoxy) is 2. The second-order valence-electron chi connectivity index (χ2n) is 9.24. The number of rotatable bonds is 10. The number of aliphatic imine (C=N–C) groups is 1. The number of hydrogen-bond donors (Lipinski definition) is 2. The summed E-state index contributed by atoms with van der Waals surface area (Å²) < 4.78 is 12.0. The Hall–Kier alpha value is -4.42. The van der Waals surface area contributed by atoms with Crippen molar-refractivity contribution in [2.24, 2.45) is 4.99 Å². The molecule has 6 heteroatoms. The van der Waals surface area contributed by atoms with Gasteiger partial charge >= 0.3 is 5.97 Å². The van der Waals surface area contributed by atoms with Gasteiger partial charge in [-0.1, -0.05) is 84.9 Å². The number of hydrogen-bond acceptors (Lipinski definition) is 5. The zero-order valence-corrected chi connectivity index (χ0v) is 20.9. The molecule has 4 aromatic rings. The van der Waals surface area contributed by atoms with Crippen LogP contribution in [0.5, 0.6) is 5.75 Å².